The fourth-order valence-electron chi connectivity index (χ4n) is 8.81. The van der Waals surface area contributed by atoms with E-state index in [0.717, 1.165) is 82.0 Å². The van der Waals surface area contributed by atoms with E-state index in [9.17, 15) is 14.4 Å². The van der Waals surface area contributed by atoms with Crippen LogP contribution in [0.2, 0.25) is 0 Å². The summed E-state index contributed by atoms with van der Waals surface area (Å²) in [6, 6.07) is 29.4. The third-order valence-electron chi connectivity index (χ3n) is 11.9. The monoisotopic (exact) mass is 889 g/mol. The lowest BCUT2D eigenvalue weighted by atomic mass is 10.0. The number of carbonyl (C=O) groups is 4. The third-order valence-corrected chi connectivity index (χ3v) is 11.9. The highest BCUT2D eigenvalue weighted by molar-refractivity contribution is 5.88. The van der Waals surface area contributed by atoms with Crippen LogP contribution in [0.15, 0.2) is 109 Å². The number of likely N-dealkylation sites (tertiary alicyclic amines) is 2. The number of hydrogen-bond donors (Lipinski definition) is 5. The molecule has 3 aromatic heterocycles. The van der Waals surface area contributed by atoms with Crippen molar-refractivity contribution >= 4 is 47.2 Å². The first kappa shape index (κ1) is 45.8. The number of anilines is 2. The molecule has 0 aliphatic carbocycles. The Morgan fingerprint density at radius 1 is 0.785 bits per heavy atom. The first-order chi connectivity index (χ1) is 31.9. The van der Waals surface area contributed by atoms with Gasteiger partial charge in [0.1, 0.15) is 30.9 Å². The Morgan fingerprint density at radius 3 is 2.12 bits per heavy atom. The zero-order valence-electron chi connectivity index (χ0n) is 37.1. The number of benzene rings is 3. The summed E-state index contributed by atoms with van der Waals surface area (Å²) in [6.07, 6.45) is 6.06. The van der Waals surface area contributed by atoms with Crippen molar-refractivity contribution in [1.29, 1.82) is 0 Å². The maximum atomic E-state index is 14.0. The van der Waals surface area contributed by atoms with Crippen molar-refractivity contribution in [3.8, 4) is 22.5 Å². The van der Waals surface area contributed by atoms with Gasteiger partial charge < -0.3 is 45.0 Å². The van der Waals surface area contributed by atoms with Gasteiger partial charge in [0.15, 0.2) is 5.82 Å². The Balaban J connectivity index is 0.00000154. The molecule has 6 aromatic rings. The number of aromatic amines is 1. The molecule has 3 aliphatic heterocycles. The van der Waals surface area contributed by atoms with Gasteiger partial charge >= 0.3 is 6.09 Å². The molecule has 2 saturated heterocycles. The first-order valence-corrected chi connectivity index (χ1v) is 21.9. The molecule has 2 fully saturated rings. The molecule has 2 unspecified atom stereocenters. The highest BCUT2D eigenvalue weighted by Crippen LogP contribution is 2.37. The molecule has 9 rings (SSSR count). The minimum atomic E-state index is -0.873. The lowest BCUT2D eigenvalue weighted by Gasteiger charge is -2.32. The predicted octanol–water partition coefficient (Wildman–Crippen LogP) is 8.36. The predicted molar refractivity (Wildman–Crippen MR) is 258 cm³/mol. The molecule has 3 aromatic carbocycles. The standard InChI is InChI=1S/C46H48N10O5.C2H6.CH2O.4H2/c1-60-27-49-39(29-11-5-3-6-12-29)44(57)55-21-9-15-37(55)34-24-33-36(26-47-34)52-41(50-33)31-19-17-28(18-20-31)32-23-35-42(48-25-32)54-43(51-35)38-16-10-22-56(38)45(58)40(53-46(59)61-2)30-13-7-4-8-14-30;2*1-2;;;;/h3-8,11-14,17-20,23-26,37-40,43,49,51H,9-10,15-16,21-22,27H2,1-2H3,(H,48,54)(H,50,52)(H,53,59);1-2H3;1H2;4*1H/t37?,38?,39-,40-,43+;;;;;;/m1....../s1. The maximum Gasteiger partial charge on any atom is 0.407 e. The molecule has 16 heteroatoms. The Hall–Kier alpha value is -7.17. The lowest BCUT2D eigenvalue weighted by Crippen LogP contribution is -2.51. The summed E-state index contributed by atoms with van der Waals surface area (Å²) in [7, 11) is 2.89. The molecule has 5 N–H and O–H groups in total. The number of rotatable bonds is 12. The molecule has 0 saturated carbocycles. The Morgan fingerprint density at radius 2 is 1.43 bits per heavy atom. The number of fused-ring (bicyclic) bond motifs is 2. The van der Waals surface area contributed by atoms with E-state index in [0.29, 0.717) is 18.7 Å². The van der Waals surface area contributed by atoms with Crippen LogP contribution in [0.25, 0.3) is 33.5 Å². The first-order valence-electron chi connectivity index (χ1n) is 21.9. The van der Waals surface area contributed by atoms with Crippen LogP contribution in [-0.2, 0) is 23.9 Å². The fourth-order valence-corrected chi connectivity index (χ4v) is 8.81. The summed E-state index contributed by atoms with van der Waals surface area (Å²) in [5, 5.41) is 13.1. The molecule has 65 heavy (non-hydrogen) atoms. The number of methoxy groups -OCH3 is 2. The fraction of sp³-hybridized carbons (Fsp3) is 0.327. The molecule has 0 radical (unpaired) electrons. The maximum absolute atomic E-state index is 14.0. The molecule has 5 atom stereocenters. The van der Waals surface area contributed by atoms with Crippen molar-refractivity contribution < 1.29 is 34.4 Å². The lowest BCUT2D eigenvalue weighted by molar-refractivity contribution is -0.135. The highest BCUT2D eigenvalue weighted by atomic mass is 16.5. The number of ether oxygens (including phenoxy) is 2. The van der Waals surface area contributed by atoms with Gasteiger partial charge in [0.25, 0.3) is 0 Å². The van der Waals surface area contributed by atoms with E-state index >= 15 is 0 Å². The topological polar surface area (TPSA) is 196 Å². The van der Waals surface area contributed by atoms with E-state index in [-0.39, 0.29) is 42.5 Å². The van der Waals surface area contributed by atoms with Crippen LogP contribution in [0.1, 0.15) is 80.2 Å². The average molecular weight is 889 g/mol. The van der Waals surface area contributed by atoms with E-state index in [1.54, 1.807) is 13.3 Å². The van der Waals surface area contributed by atoms with Gasteiger partial charge in [-0.2, -0.15) is 0 Å². The molecule has 3 amide bonds. The van der Waals surface area contributed by atoms with E-state index in [1.807, 2.05) is 128 Å². The number of H-pyrrole nitrogens is 1. The smallest absolute Gasteiger partial charge is 0.407 e. The van der Waals surface area contributed by atoms with Crippen molar-refractivity contribution in [2.45, 2.75) is 69.9 Å². The number of nitrogens with one attached hydrogen (secondary N) is 5. The Bertz CT molecular complexity index is 2560. The third kappa shape index (κ3) is 9.98. The van der Waals surface area contributed by atoms with Gasteiger partial charge in [-0.05, 0) is 54.5 Å². The van der Waals surface area contributed by atoms with Crippen LogP contribution < -0.4 is 21.3 Å². The number of aromatic nitrogens is 4. The van der Waals surface area contributed by atoms with Crippen molar-refractivity contribution in [3.63, 3.8) is 0 Å². The average Bonchev–Trinajstić information content (AvgIpc) is 4.21. The van der Waals surface area contributed by atoms with Gasteiger partial charge in [0.2, 0.25) is 11.8 Å². The molecule has 0 spiro atoms. The minimum Gasteiger partial charge on any atom is -0.453 e. The Kier molecular flexibility index (Phi) is 15.1. The second kappa shape index (κ2) is 21.5. The van der Waals surface area contributed by atoms with Crippen LogP contribution >= 0.6 is 0 Å². The number of amides is 3. The van der Waals surface area contributed by atoms with Gasteiger partial charge in [-0.15, -0.1) is 0 Å². The minimum absolute atomic E-state index is 0. The molecule has 6 heterocycles. The van der Waals surface area contributed by atoms with Crippen molar-refractivity contribution in [1.82, 2.24) is 40.4 Å². The van der Waals surface area contributed by atoms with E-state index < -0.39 is 18.2 Å². The zero-order chi connectivity index (χ0) is 45.9. The number of imidazole rings is 1. The molecular formula is C49H64N10O6. The van der Waals surface area contributed by atoms with Gasteiger partial charge in [0, 0.05) is 43.2 Å². The SMILES string of the molecule is C=O.CC.COCN[C@@H](C(=O)N1CCCC1c1cc2nc(-c3ccc(-c4cnc5c(c4)N[C@H](C4CCCN4C(=O)[C@H](NC(=O)OC)c4ccccc4)N5)cc3)[nH]c2cn1)c1ccccc1.[HH].[HH].[HH].[HH]. The Labute approximate surface area is 384 Å². The van der Waals surface area contributed by atoms with Crippen molar-refractivity contribution in [3.05, 3.63) is 126 Å². The van der Waals surface area contributed by atoms with Gasteiger partial charge in [-0.1, -0.05) is 98.8 Å². The van der Waals surface area contributed by atoms with E-state index in [4.69, 9.17) is 29.2 Å². The summed E-state index contributed by atoms with van der Waals surface area (Å²) < 4.78 is 10.1. The summed E-state index contributed by atoms with van der Waals surface area (Å²) in [5.41, 5.74) is 7.70. The van der Waals surface area contributed by atoms with Crippen LogP contribution in [-0.4, -0.2) is 101 Å². The van der Waals surface area contributed by atoms with Crippen LogP contribution in [0, 0.1) is 0 Å². The number of pyridine rings is 2. The summed E-state index contributed by atoms with van der Waals surface area (Å²) in [4.78, 5) is 70.0. The van der Waals surface area contributed by atoms with E-state index in [2.05, 4.69) is 32.3 Å². The molecule has 346 valence electrons. The summed E-state index contributed by atoms with van der Waals surface area (Å²) in [6.45, 7) is 7.48. The van der Waals surface area contributed by atoms with Crippen LogP contribution in [0.5, 0.6) is 0 Å². The second-order valence-corrected chi connectivity index (χ2v) is 15.6. The second-order valence-electron chi connectivity index (χ2n) is 15.6. The number of hydrogen-bond acceptors (Lipinski definition) is 12. The largest absolute Gasteiger partial charge is 0.453 e. The van der Waals surface area contributed by atoms with Gasteiger partial charge in [-0.25, -0.2) is 14.8 Å². The molecule has 16 nitrogen and oxygen atoms in total. The summed E-state index contributed by atoms with van der Waals surface area (Å²) >= 11 is 0. The normalized spacial score (nSPS) is 18.2. The highest BCUT2D eigenvalue weighted by Gasteiger charge is 2.41. The molecule has 0 bridgehead atoms. The zero-order valence-corrected chi connectivity index (χ0v) is 37.1. The molecular weight excluding hydrogens is 825 g/mol. The number of nitrogens with zero attached hydrogens (tertiary/aromatic N) is 5. The molecule has 3 aliphatic rings. The van der Waals surface area contributed by atoms with Crippen molar-refractivity contribution in [2.75, 3.05) is 44.7 Å². The van der Waals surface area contributed by atoms with E-state index in [1.165, 1.54) is 7.11 Å². The van der Waals surface area contributed by atoms with Gasteiger partial charge in [-0.3, -0.25) is 19.9 Å². The van der Waals surface area contributed by atoms with Crippen LogP contribution in [0.3, 0.4) is 0 Å². The number of alkyl carbamates (subject to hydrolysis) is 1. The van der Waals surface area contributed by atoms with Crippen molar-refractivity contribution in [2.24, 2.45) is 0 Å². The number of carbonyl (C=O) groups excluding carboxylic acids is 4. The van der Waals surface area contributed by atoms with Gasteiger partial charge in [0.05, 0.1) is 54.5 Å². The van der Waals surface area contributed by atoms with Crippen LogP contribution in [0.4, 0.5) is 16.3 Å². The quantitative estimate of drug-likeness (QED) is 0.0738. The summed E-state index contributed by atoms with van der Waals surface area (Å²) in [5.74, 6) is 1.25.